The van der Waals surface area contributed by atoms with Crippen LogP contribution in [0.4, 0.5) is 0 Å². The fourth-order valence-corrected chi connectivity index (χ4v) is 4.47. The number of imidazole rings is 1. The first-order chi connectivity index (χ1) is 14.6. The van der Waals surface area contributed by atoms with Gasteiger partial charge in [0.1, 0.15) is 5.82 Å². The molecule has 6 heteroatoms. The normalized spacial score (nSPS) is 14.7. The molecular formula is C24H28N2O4. The van der Waals surface area contributed by atoms with Crippen LogP contribution >= 0.6 is 0 Å². The van der Waals surface area contributed by atoms with Crippen LogP contribution in [0.5, 0.6) is 11.5 Å². The number of ether oxygens (including phenoxy) is 2. The molecule has 0 unspecified atom stereocenters. The number of carboxylic acid groups (broad SMARTS) is 1. The molecule has 1 aromatic heterocycles. The minimum atomic E-state index is -0.920. The van der Waals surface area contributed by atoms with Gasteiger partial charge in [-0.15, -0.1) is 0 Å². The van der Waals surface area contributed by atoms with Crippen molar-refractivity contribution in [2.24, 2.45) is 0 Å². The van der Waals surface area contributed by atoms with Crippen LogP contribution < -0.4 is 9.47 Å². The van der Waals surface area contributed by atoms with Gasteiger partial charge in [-0.2, -0.15) is 0 Å². The highest BCUT2D eigenvalue weighted by molar-refractivity contribution is 5.92. The molecule has 1 fully saturated rings. The predicted octanol–water partition coefficient (Wildman–Crippen LogP) is 5.04. The minimum absolute atomic E-state index is 0.280. The van der Waals surface area contributed by atoms with E-state index in [2.05, 4.69) is 10.6 Å². The number of aromatic nitrogens is 2. The minimum Gasteiger partial charge on any atom is -0.493 e. The predicted molar refractivity (Wildman–Crippen MR) is 116 cm³/mol. The van der Waals surface area contributed by atoms with Crippen LogP contribution in [0, 0.1) is 0 Å². The molecule has 30 heavy (non-hydrogen) atoms. The Morgan fingerprint density at radius 2 is 1.83 bits per heavy atom. The lowest BCUT2D eigenvalue weighted by atomic mass is 9.88. The third-order valence-corrected chi connectivity index (χ3v) is 6.07. The molecule has 0 aliphatic heterocycles. The summed E-state index contributed by atoms with van der Waals surface area (Å²) < 4.78 is 13.1. The molecule has 4 rings (SSSR count). The van der Waals surface area contributed by atoms with E-state index >= 15 is 0 Å². The number of rotatable bonds is 7. The number of nitrogens with zero attached hydrogens (tertiary/aromatic N) is 2. The van der Waals surface area contributed by atoms with Crippen LogP contribution in [-0.2, 0) is 13.0 Å². The summed E-state index contributed by atoms with van der Waals surface area (Å²) in [7, 11) is 3.28. The maximum atomic E-state index is 11.4. The van der Waals surface area contributed by atoms with Gasteiger partial charge in [0.05, 0.1) is 30.8 Å². The van der Waals surface area contributed by atoms with Gasteiger partial charge in [-0.3, -0.25) is 0 Å². The van der Waals surface area contributed by atoms with Gasteiger partial charge in [-0.05, 0) is 55.2 Å². The van der Waals surface area contributed by atoms with Gasteiger partial charge in [0.15, 0.2) is 11.5 Å². The summed E-state index contributed by atoms with van der Waals surface area (Å²) in [6, 6.07) is 11.3. The average Bonchev–Trinajstić information content (AvgIpc) is 3.15. The molecule has 1 heterocycles. The van der Waals surface area contributed by atoms with Crippen LogP contribution in [0.15, 0.2) is 36.4 Å². The molecule has 1 aliphatic carbocycles. The molecule has 1 N–H and O–H groups in total. The van der Waals surface area contributed by atoms with Crippen molar-refractivity contribution in [3.05, 3.63) is 53.3 Å². The van der Waals surface area contributed by atoms with Gasteiger partial charge in [0, 0.05) is 12.5 Å². The molecule has 1 aliphatic rings. The van der Waals surface area contributed by atoms with Crippen molar-refractivity contribution in [2.75, 3.05) is 14.2 Å². The van der Waals surface area contributed by atoms with E-state index in [1.807, 2.05) is 18.2 Å². The molecule has 6 nitrogen and oxygen atoms in total. The van der Waals surface area contributed by atoms with Crippen LogP contribution in [0.2, 0.25) is 0 Å². The first-order valence-corrected chi connectivity index (χ1v) is 10.5. The van der Waals surface area contributed by atoms with Crippen molar-refractivity contribution in [1.29, 1.82) is 0 Å². The van der Waals surface area contributed by atoms with E-state index in [1.54, 1.807) is 26.4 Å². The first-order valence-electron chi connectivity index (χ1n) is 10.5. The third kappa shape index (κ3) is 3.99. The zero-order valence-corrected chi connectivity index (χ0v) is 17.6. The number of hydrogen-bond acceptors (Lipinski definition) is 4. The summed E-state index contributed by atoms with van der Waals surface area (Å²) in [6.07, 6.45) is 6.85. The van der Waals surface area contributed by atoms with E-state index in [4.69, 9.17) is 14.5 Å². The monoisotopic (exact) mass is 408 g/mol. The SMILES string of the molecule is COc1ccc(CCn2c(C3CCCCC3)nc3cc(C(=O)O)ccc32)cc1OC. The van der Waals surface area contributed by atoms with E-state index in [-0.39, 0.29) is 5.56 Å². The number of carboxylic acids is 1. The zero-order chi connectivity index (χ0) is 21.1. The first kappa shape index (κ1) is 20.3. The van der Waals surface area contributed by atoms with E-state index in [9.17, 15) is 9.90 Å². The number of fused-ring (bicyclic) bond motifs is 1. The highest BCUT2D eigenvalue weighted by atomic mass is 16.5. The van der Waals surface area contributed by atoms with Crippen LogP contribution in [0.3, 0.4) is 0 Å². The summed E-state index contributed by atoms with van der Waals surface area (Å²) >= 11 is 0. The Kier molecular flexibility index (Phi) is 5.93. The van der Waals surface area contributed by atoms with Crippen molar-refractivity contribution >= 4 is 17.0 Å². The molecule has 1 saturated carbocycles. The van der Waals surface area contributed by atoms with E-state index in [0.29, 0.717) is 5.92 Å². The lowest BCUT2D eigenvalue weighted by Crippen LogP contribution is -2.13. The molecule has 0 spiro atoms. The highest BCUT2D eigenvalue weighted by Gasteiger charge is 2.23. The number of aromatic carboxylic acids is 1. The van der Waals surface area contributed by atoms with Gasteiger partial charge < -0.3 is 19.1 Å². The molecular weight excluding hydrogens is 380 g/mol. The van der Waals surface area contributed by atoms with Gasteiger partial charge in [-0.1, -0.05) is 25.3 Å². The lowest BCUT2D eigenvalue weighted by molar-refractivity contribution is 0.0697. The number of methoxy groups -OCH3 is 2. The molecule has 0 amide bonds. The van der Waals surface area contributed by atoms with Crippen molar-refractivity contribution in [1.82, 2.24) is 9.55 Å². The summed E-state index contributed by atoms with van der Waals surface area (Å²) in [5.41, 5.74) is 3.21. The van der Waals surface area contributed by atoms with Crippen molar-refractivity contribution in [3.8, 4) is 11.5 Å². The molecule has 0 bridgehead atoms. The maximum Gasteiger partial charge on any atom is 0.335 e. The molecule has 2 aromatic carbocycles. The number of carbonyl (C=O) groups is 1. The Morgan fingerprint density at radius 1 is 1.07 bits per heavy atom. The summed E-state index contributed by atoms with van der Waals surface area (Å²) in [5.74, 6) is 2.05. The molecule has 0 atom stereocenters. The largest absolute Gasteiger partial charge is 0.493 e. The second kappa shape index (κ2) is 8.78. The Labute approximate surface area is 176 Å². The quantitative estimate of drug-likeness (QED) is 0.593. The van der Waals surface area contributed by atoms with Crippen LogP contribution in [-0.4, -0.2) is 34.8 Å². The summed E-state index contributed by atoms with van der Waals surface area (Å²) in [5, 5.41) is 9.36. The molecule has 158 valence electrons. The lowest BCUT2D eigenvalue weighted by Gasteiger charge is -2.22. The number of hydrogen-bond donors (Lipinski definition) is 1. The van der Waals surface area contributed by atoms with E-state index in [0.717, 1.165) is 59.7 Å². The Bertz CT molecular complexity index is 1050. The molecule has 0 saturated heterocycles. The Balaban J connectivity index is 1.68. The van der Waals surface area contributed by atoms with Gasteiger partial charge >= 0.3 is 5.97 Å². The summed E-state index contributed by atoms with van der Waals surface area (Å²) in [4.78, 5) is 16.3. The van der Waals surface area contributed by atoms with Gasteiger partial charge in [0.2, 0.25) is 0 Å². The fraction of sp³-hybridized carbons (Fsp3) is 0.417. The topological polar surface area (TPSA) is 73.6 Å². The average molecular weight is 408 g/mol. The number of benzene rings is 2. The second-order valence-corrected chi connectivity index (χ2v) is 7.90. The van der Waals surface area contributed by atoms with Crippen LogP contribution in [0.25, 0.3) is 11.0 Å². The zero-order valence-electron chi connectivity index (χ0n) is 17.6. The second-order valence-electron chi connectivity index (χ2n) is 7.90. The maximum absolute atomic E-state index is 11.4. The third-order valence-electron chi connectivity index (χ3n) is 6.07. The van der Waals surface area contributed by atoms with E-state index < -0.39 is 5.97 Å². The van der Waals surface area contributed by atoms with Crippen LogP contribution in [0.1, 0.15) is 59.8 Å². The fourth-order valence-electron chi connectivity index (χ4n) is 4.47. The summed E-state index contributed by atoms with van der Waals surface area (Å²) in [6.45, 7) is 0.782. The number of aryl methyl sites for hydroxylation is 2. The smallest absolute Gasteiger partial charge is 0.335 e. The van der Waals surface area contributed by atoms with Gasteiger partial charge in [-0.25, -0.2) is 9.78 Å². The Morgan fingerprint density at radius 3 is 2.53 bits per heavy atom. The molecule has 3 aromatic rings. The standard InChI is InChI=1S/C24H28N2O4/c1-29-21-11-8-16(14-22(21)30-2)12-13-26-20-10-9-18(24(27)28)15-19(20)25-23(26)17-6-4-3-5-7-17/h8-11,14-15,17H,3-7,12-13H2,1-2H3,(H,27,28). The van der Waals surface area contributed by atoms with Crippen molar-refractivity contribution < 1.29 is 19.4 Å². The van der Waals surface area contributed by atoms with Crippen molar-refractivity contribution in [3.63, 3.8) is 0 Å². The highest BCUT2D eigenvalue weighted by Crippen LogP contribution is 2.34. The van der Waals surface area contributed by atoms with E-state index in [1.165, 1.54) is 19.3 Å². The Hall–Kier alpha value is -3.02. The van der Waals surface area contributed by atoms with Gasteiger partial charge in [0.25, 0.3) is 0 Å². The van der Waals surface area contributed by atoms with Crippen molar-refractivity contribution in [2.45, 2.75) is 51.0 Å². The molecule has 0 radical (unpaired) electrons.